The zero-order chi connectivity index (χ0) is 22.1. The number of nitrogens with zero attached hydrogens (tertiary/aromatic N) is 2. The summed E-state index contributed by atoms with van der Waals surface area (Å²) in [6.07, 6.45) is 3.18. The first kappa shape index (κ1) is 22.6. The van der Waals surface area contributed by atoms with Gasteiger partial charge in [-0.15, -0.1) is 0 Å². The quantitative estimate of drug-likeness (QED) is 0.379. The average molecular weight is 440 g/mol. The fourth-order valence-electron chi connectivity index (χ4n) is 2.97. The number of methoxy groups -OCH3 is 1. The van der Waals surface area contributed by atoms with E-state index in [9.17, 15) is 4.79 Å². The Balaban J connectivity index is 1.54. The second kappa shape index (κ2) is 11.3. The van der Waals surface area contributed by atoms with Crippen LogP contribution in [0.5, 0.6) is 5.75 Å². The fourth-order valence-corrected chi connectivity index (χ4v) is 3.27. The molecule has 0 bridgehead atoms. The summed E-state index contributed by atoms with van der Waals surface area (Å²) >= 11 is 6.49. The van der Waals surface area contributed by atoms with Crippen molar-refractivity contribution in [3.05, 3.63) is 88.2 Å². The van der Waals surface area contributed by atoms with Gasteiger partial charge in [0.25, 0.3) is 0 Å². The maximum Gasteiger partial charge on any atom is 0.244 e. The first-order chi connectivity index (χ1) is 15.1. The smallest absolute Gasteiger partial charge is 0.244 e. The molecule has 0 aliphatic rings. The number of hydrogen-bond donors (Lipinski definition) is 1. The predicted molar refractivity (Wildman–Crippen MR) is 122 cm³/mol. The highest BCUT2D eigenvalue weighted by molar-refractivity contribution is 6.31. The molecule has 162 valence electrons. The molecule has 1 aromatic heterocycles. The molecule has 0 fully saturated rings. The van der Waals surface area contributed by atoms with Crippen LogP contribution < -0.4 is 10.1 Å². The number of rotatable bonds is 10. The highest BCUT2D eigenvalue weighted by atomic mass is 35.5. The Bertz CT molecular complexity index is 1010. The summed E-state index contributed by atoms with van der Waals surface area (Å²) in [7, 11) is 1.63. The van der Waals surface area contributed by atoms with Crippen molar-refractivity contribution in [2.24, 2.45) is 0 Å². The number of aryl methyl sites for hydroxylation is 1. The lowest BCUT2D eigenvalue weighted by molar-refractivity contribution is -0.116. The minimum absolute atomic E-state index is 0.202. The van der Waals surface area contributed by atoms with E-state index in [1.807, 2.05) is 61.5 Å². The van der Waals surface area contributed by atoms with Gasteiger partial charge in [0, 0.05) is 25.3 Å². The van der Waals surface area contributed by atoms with Crippen LogP contribution >= 0.6 is 11.6 Å². The molecule has 2 aromatic carbocycles. The first-order valence-corrected chi connectivity index (χ1v) is 10.4. The van der Waals surface area contributed by atoms with E-state index in [2.05, 4.69) is 10.4 Å². The Hall–Kier alpha value is -3.09. The minimum atomic E-state index is -0.202. The van der Waals surface area contributed by atoms with Gasteiger partial charge in [-0.05, 0) is 36.3 Å². The number of aromatic nitrogens is 2. The van der Waals surface area contributed by atoms with Crippen molar-refractivity contribution in [3.8, 4) is 5.75 Å². The molecule has 6 nitrogen and oxygen atoms in total. The molecule has 0 unspecified atom stereocenters. The number of amides is 1. The number of hydrogen-bond acceptors (Lipinski definition) is 4. The van der Waals surface area contributed by atoms with Crippen LogP contribution in [0.25, 0.3) is 6.08 Å². The third-order valence-corrected chi connectivity index (χ3v) is 5.03. The van der Waals surface area contributed by atoms with E-state index in [0.29, 0.717) is 31.5 Å². The normalized spacial score (nSPS) is 11.1. The SMILES string of the molecule is COCCOc1ccc(CNC(=O)/C=C/c2c(C)nn(Cc3ccccc3)c2Cl)cc1. The van der Waals surface area contributed by atoms with Gasteiger partial charge in [0.15, 0.2) is 0 Å². The van der Waals surface area contributed by atoms with E-state index in [1.165, 1.54) is 6.08 Å². The highest BCUT2D eigenvalue weighted by Crippen LogP contribution is 2.22. The number of carbonyl (C=O) groups is 1. The topological polar surface area (TPSA) is 65.4 Å². The average Bonchev–Trinajstić information content (AvgIpc) is 3.05. The molecule has 0 aliphatic carbocycles. The predicted octanol–water partition coefficient (Wildman–Crippen LogP) is 4.25. The molecule has 0 aliphatic heterocycles. The monoisotopic (exact) mass is 439 g/mol. The summed E-state index contributed by atoms with van der Waals surface area (Å²) in [4.78, 5) is 12.2. The summed E-state index contributed by atoms with van der Waals surface area (Å²) in [6, 6.07) is 17.6. The van der Waals surface area contributed by atoms with Gasteiger partial charge in [0.1, 0.15) is 17.5 Å². The molecule has 3 rings (SSSR count). The van der Waals surface area contributed by atoms with E-state index in [1.54, 1.807) is 17.9 Å². The van der Waals surface area contributed by atoms with Crippen LogP contribution in [0.1, 0.15) is 22.4 Å². The number of nitrogens with one attached hydrogen (secondary N) is 1. The molecule has 31 heavy (non-hydrogen) atoms. The van der Waals surface area contributed by atoms with Gasteiger partial charge in [0.2, 0.25) is 5.91 Å². The van der Waals surface area contributed by atoms with E-state index in [-0.39, 0.29) is 5.91 Å². The lowest BCUT2D eigenvalue weighted by Gasteiger charge is -2.07. The summed E-state index contributed by atoms with van der Waals surface area (Å²) < 4.78 is 12.2. The van der Waals surface area contributed by atoms with Gasteiger partial charge >= 0.3 is 0 Å². The number of benzene rings is 2. The summed E-state index contributed by atoms with van der Waals surface area (Å²) in [5.74, 6) is 0.566. The van der Waals surface area contributed by atoms with Crippen LogP contribution in [0, 0.1) is 6.92 Å². The van der Waals surface area contributed by atoms with Crippen molar-refractivity contribution in [2.75, 3.05) is 20.3 Å². The Morgan fingerprint density at radius 3 is 2.55 bits per heavy atom. The second-order valence-electron chi connectivity index (χ2n) is 6.97. The third kappa shape index (κ3) is 6.70. The van der Waals surface area contributed by atoms with E-state index < -0.39 is 0 Å². The molecular weight excluding hydrogens is 414 g/mol. The van der Waals surface area contributed by atoms with Crippen LogP contribution in [0.15, 0.2) is 60.7 Å². The molecule has 0 spiro atoms. The van der Waals surface area contributed by atoms with E-state index >= 15 is 0 Å². The lowest BCUT2D eigenvalue weighted by atomic mass is 10.2. The molecule has 0 atom stereocenters. The van der Waals surface area contributed by atoms with Gasteiger partial charge in [-0.1, -0.05) is 54.1 Å². The lowest BCUT2D eigenvalue weighted by Crippen LogP contribution is -2.20. The van der Waals surface area contributed by atoms with E-state index in [0.717, 1.165) is 28.1 Å². The van der Waals surface area contributed by atoms with Gasteiger partial charge in [-0.3, -0.25) is 4.79 Å². The van der Waals surface area contributed by atoms with Crippen molar-refractivity contribution in [1.82, 2.24) is 15.1 Å². The zero-order valence-corrected chi connectivity index (χ0v) is 18.4. The van der Waals surface area contributed by atoms with Crippen LogP contribution in [0.4, 0.5) is 0 Å². The molecule has 0 radical (unpaired) electrons. The van der Waals surface area contributed by atoms with Crippen molar-refractivity contribution in [2.45, 2.75) is 20.0 Å². The van der Waals surface area contributed by atoms with Crippen molar-refractivity contribution >= 4 is 23.6 Å². The molecule has 0 saturated heterocycles. The number of carbonyl (C=O) groups excluding carboxylic acids is 1. The van der Waals surface area contributed by atoms with E-state index in [4.69, 9.17) is 21.1 Å². The number of ether oxygens (including phenoxy) is 2. The molecule has 1 N–H and O–H groups in total. The van der Waals surface area contributed by atoms with Crippen LogP contribution in [0.3, 0.4) is 0 Å². The summed E-state index contributed by atoms with van der Waals surface area (Å²) in [5, 5.41) is 7.87. The highest BCUT2D eigenvalue weighted by Gasteiger charge is 2.11. The number of halogens is 1. The Morgan fingerprint density at radius 2 is 1.84 bits per heavy atom. The summed E-state index contributed by atoms with van der Waals surface area (Å²) in [5.41, 5.74) is 3.60. The third-order valence-electron chi connectivity index (χ3n) is 4.63. The second-order valence-corrected chi connectivity index (χ2v) is 7.33. The van der Waals surface area contributed by atoms with Crippen LogP contribution in [-0.2, 0) is 22.6 Å². The maximum absolute atomic E-state index is 12.2. The first-order valence-electron chi connectivity index (χ1n) is 10.00. The van der Waals surface area contributed by atoms with Crippen LogP contribution in [-0.4, -0.2) is 36.0 Å². The maximum atomic E-state index is 12.2. The summed E-state index contributed by atoms with van der Waals surface area (Å²) in [6.45, 7) is 3.91. The van der Waals surface area contributed by atoms with Crippen molar-refractivity contribution in [1.29, 1.82) is 0 Å². The van der Waals surface area contributed by atoms with Gasteiger partial charge in [-0.2, -0.15) is 5.10 Å². The molecule has 0 saturated carbocycles. The minimum Gasteiger partial charge on any atom is -0.491 e. The van der Waals surface area contributed by atoms with Gasteiger partial charge in [-0.25, -0.2) is 4.68 Å². The van der Waals surface area contributed by atoms with Crippen molar-refractivity contribution in [3.63, 3.8) is 0 Å². The Labute approximate surface area is 187 Å². The Morgan fingerprint density at radius 1 is 1.10 bits per heavy atom. The van der Waals surface area contributed by atoms with Crippen molar-refractivity contribution < 1.29 is 14.3 Å². The largest absolute Gasteiger partial charge is 0.491 e. The standard InChI is InChI=1S/C24H26ClN3O3/c1-18-22(24(25)28(27-18)17-20-6-4-3-5-7-20)12-13-23(29)26-16-19-8-10-21(11-9-19)31-15-14-30-2/h3-13H,14-17H2,1-2H3,(H,26,29)/b13-12+. The van der Waals surface area contributed by atoms with Crippen LogP contribution in [0.2, 0.25) is 5.15 Å². The van der Waals surface area contributed by atoms with Gasteiger partial charge in [0.05, 0.1) is 18.8 Å². The molecular formula is C24H26ClN3O3. The molecule has 3 aromatic rings. The molecule has 1 heterocycles. The van der Waals surface area contributed by atoms with Gasteiger partial charge < -0.3 is 14.8 Å². The molecule has 7 heteroatoms. The molecule has 1 amide bonds. The Kier molecular flexibility index (Phi) is 8.27. The zero-order valence-electron chi connectivity index (χ0n) is 17.7. The fraction of sp³-hybridized carbons (Fsp3) is 0.250.